The van der Waals surface area contributed by atoms with Gasteiger partial charge in [0.05, 0.1) is 20.3 Å². The quantitative estimate of drug-likeness (QED) is 0.147. The predicted molar refractivity (Wildman–Crippen MR) is 190 cm³/mol. The van der Waals surface area contributed by atoms with Crippen molar-refractivity contribution >= 4 is 5.91 Å². The van der Waals surface area contributed by atoms with Crippen LogP contribution in [0.4, 0.5) is 4.39 Å². The van der Waals surface area contributed by atoms with Crippen LogP contribution in [0.3, 0.4) is 0 Å². The first-order valence-corrected chi connectivity index (χ1v) is 18.8. The molecule has 3 N–H and O–H groups in total. The zero-order valence-corrected chi connectivity index (χ0v) is 29.8. The van der Waals surface area contributed by atoms with Crippen LogP contribution in [0.25, 0.3) is 0 Å². The van der Waals surface area contributed by atoms with E-state index in [4.69, 9.17) is 9.47 Å². The van der Waals surface area contributed by atoms with E-state index in [0.717, 1.165) is 74.5 Å². The molecule has 266 valence electrons. The third kappa shape index (κ3) is 8.14. The number of carbonyl (C=O) groups excluding carboxylic acids is 1. The highest BCUT2D eigenvalue weighted by molar-refractivity contribution is 5.76. The molecule has 2 saturated carbocycles. The van der Waals surface area contributed by atoms with Gasteiger partial charge in [0, 0.05) is 18.9 Å². The Morgan fingerprint density at radius 1 is 1.00 bits per heavy atom. The molecule has 0 spiro atoms. The number of aliphatic hydroxyl groups excluding tert-OH is 1. The van der Waals surface area contributed by atoms with Crippen LogP contribution in [0.5, 0.6) is 17.2 Å². The summed E-state index contributed by atoms with van der Waals surface area (Å²) in [6.45, 7) is 5.00. The smallest absolute Gasteiger partial charge is 0.220 e. The van der Waals surface area contributed by atoms with Crippen molar-refractivity contribution in [1.82, 2.24) is 5.32 Å². The van der Waals surface area contributed by atoms with Crippen molar-refractivity contribution in [3.63, 3.8) is 0 Å². The first-order chi connectivity index (χ1) is 23.2. The molecule has 7 heteroatoms. The Balaban J connectivity index is 1.14. The summed E-state index contributed by atoms with van der Waals surface area (Å²) in [5.41, 5.74) is 2.91. The summed E-state index contributed by atoms with van der Waals surface area (Å²) >= 11 is 0. The summed E-state index contributed by atoms with van der Waals surface area (Å²) in [6.07, 6.45) is 12.9. The molecule has 2 aromatic carbocycles. The second-order valence-electron chi connectivity index (χ2n) is 15.3. The van der Waals surface area contributed by atoms with Crippen LogP contribution in [-0.2, 0) is 11.2 Å². The van der Waals surface area contributed by atoms with E-state index in [1.807, 2.05) is 24.3 Å². The number of hydrogen-bond acceptors (Lipinski definition) is 5. The number of rotatable bonds is 17. The number of benzene rings is 2. The maximum Gasteiger partial charge on any atom is 0.220 e. The van der Waals surface area contributed by atoms with E-state index in [2.05, 4.69) is 25.2 Å². The van der Waals surface area contributed by atoms with E-state index in [-0.39, 0.29) is 34.8 Å². The maximum absolute atomic E-state index is 16.1. The average Bonchev–Trinajstić information content (AvgIpc) is 3.37. The van der Waals surface area contributed by atoms with E-state index in [1.165, 1.54) is 25.7 Å². The third-order valence-corrected chi connectivity index (χ3v) is 12.3. The van der Waals surface area contributed by atoms with E-state index in [9.17, 15) is 15.0 Å². The zero-order valence-electron chi connectivity index (χ0n) is 29.8. The second kappa shape index (κ2) is 16.7. The van der Waals surface area contributed by atoms with Gasteiger partial charge in [0.15, 0.2) is 11.5 Å². The zero-order chi connectivity index (χ0) is 34.3. The third-order valence-electron chi connectivity index (χ3n) is 12.3. The fraction of sp³-hybridized carbons (Fsp3) is 0.683. The van der Waals surface area contributed by atoms with Crippen molar-refractivity contribution in [1.29, 1.82) is 0 Å². The summed E-state index contributed by atoms with van der Waals surface area (Å²) in [4.78, 5) is 13.2. The standard InChI is InChI=1S/C41H60FNO5/c1-5-6-7-8-10-13-27(28-15-19-35(47-3)36(24-28)48-4)25-38(46)43-21-12-9-11-14-29-22-30-23-31(44)16-17-32(30)40-34(42)26-41(2)33(39(29)40)18-20-37(41)45/h15-17,19,23-24,27,29,33-34,37,39-40,44-45H,5-14,18,20-22,25-26H2,1-4H3,(H,43,46)/t27?,29-,33+,34+,37+,39+,40+,41+/m1/s1. The molecule has 0 saturated heterocycles. The summed E-state index contributed by atoms with van der Waals surface area (Å²) in [6, 6.07) is 11.5. The number of fused-ring (bicyclic) bond motifs is 5. The molecule has 1 unspecified atom stereocenters. The Morgan fingerprint density at radius 3 is 2.54 bits per heavy atom. The lowest BCUT2D eigenvalue weighted by Crippen LogP contribution is -2.51. The van der Waals surface area contributed by atoms with Gasteiger partial charge in [-0.05, 0) is 115 Å². The topological polar surface area (TPSA) is 88.0 Å². The van der Waals surface area contributed by atoms with Gasteiger partial charge in [-0.25, -0.2) is 4.39 Å². The number of ether oxygens (including phenoxy) is 2. The van der Waals surface area contributed by atoms with Crippen LogP contribution in [0.15, 0.2) is 36.4 Å². The largest absolute Gasteiger partial charge is 0.508 e. The summed E-state index contributed by atoms with van der Waals surface area (Å²) < 4.78 is 27.1. The van der Waals surface area contributed by atoms with E-state index in [0.29, 0.717) is 42.7 Å². The van der Waals surface area contributed by atoms with Crippen LogP contribution in [0.2, 0.25) is 0 Å². The van der Waals surface area contributed by atoms with Crippen LogP contribution in [0, 0.1) is 23.2 Å². The number of unbranched alkanes of at least 4 members (excludes halogenated alkanes) is 6. The minimum atomic E-state index is -0.982. The number of phenolic OH excluding ortho intramolecular Hbond substituents is 1. The lowest BCUT2D eigenvalue weighted by Gasteiger charge is -2.54. The van der Waals surface area contributed by atoms with Gasteiger partial charge in [0.1, 0.15) is 11.9 Å². The van der Waals surface area contributed by atoms with Gasteiger partial charge < -0.3 is 25.0 Å². The highest BCUT2D eigenvalue weighted by Gasteiger charge is 2.59. The van der Waals surface area contributed by atoms with E-state index >= 15 is 4.39 Å². The minimum Gasteiger partial charge on any atom is -0.508 e. The second-order valence-corrected chi connectivity index (χ2v) is 15.3. The van der Waals surface area contributed by atoms with Gasteiger partial charge in [-0.1, -0.05) is 70.9 Å². The fourth-order valence-electron chi connectivity index (χ4n) is 9.75. The minimum absolute atomic E-state index is 0.0881. The Morgan fingerprint density at radius 2 is 1.77 bits per heavy atom. The highest BCUT2D eigenvalue weighted by atomic mass is 19.1. The number of phenols is 1. The van der Waals surface area contributed by atoms with Gasteiger partial charge in [-0.2, -0.15) is 0 Å². The van der Waals surface area contributed by atoms with E-state index < -0.39 is 12.3 Å². The Hall–Kier alpha value is -2.80. The summed E-state index contributed by atoms with van der Waals surface area (Å²) in [5, 5.41) is 24.4. The molecule has 0 heterocycles. The predicted octanol–water partition coefficient (Wildman–Crippen LogP) is 9.01. The van der Waals surface area contributed by atoms with Crippen molar-refractivity contribution in [2.45, 2.75) is 134 Å². The van der Waals surface area contributed by atoms with Crippen molar-refractivity contribution in [2.75, 3.05) is 20.8 Å². The lowest BCUT2D eigenvalue weighted by atomic mass is 9.51. The maximum atomic E-state index is 16.1. The molecule has 8 atom stereocenters. The fourth-order valence-corrected chi connectivity index (χ4v) is 9.75. The number of alkyl halides is 1. The number of amides is 1. The number of carbonyl (C=O) groups is 1. The number of methoxy groups -OCH3 is 2. The molecule has 3 aliphatic rings. The molecule has 0 aromatic heterocycles. The number of aromatic hydroxyl groups is 1. The molecule has 6 nitrogen and oxygen atoms in total. The molecule has 2 aromatic rings. The van der Waals surface area contributed by atoms with Crippen LogP contribution < -0.4 is 14.8 Å². The summed E-state index contributed by atoms with van der Waals surface area (Å²) in [7, 11) is 3.28. The molecule has 0 bridgehead atoms. The Kier molecular flexibility index (Phi) is 12.7. The lowest BCUT2D eigenvalue weighted by molar-refractivity contribution is -0.121. The molecule has 5 rings (SSSR count). The highest BCUT2D eigenvalue weighted by Crippen LogP contribution is 2.63. The molecule has 3 aliphatic carbocycles. The molecular weight excluding hydrogens is 605 g/mol. The first-order valence-electron chi connectivity index (χ1n) is 18.8. The molecule has 2 fully saturated rings. The van der Waals surface area contributed by atoms with Gasteiger partial charge in [0.25, 0.3) is 0 Å². The molecule has 1 amide bonds. The van der Waals surface area contributed by atoms with Crippen molar-refractivity contribution in [3.05, 3.63) is 53.1 Å². The van der Waals surface area contributed by atoms with Gasteiger partial charge in [0.2, 0.25) is 5.91 Å². The number of hydrogen-bond donors (Lipinski definition) is 3. The molecule has 48 heavy (non-hydrogen) atoms. The Bertz CT molecular complexity index is 1350. The normalized spacial score (nSPS) is 28.2. The van der Waals surface area contributed by atoms with Crippen LogP contribution >= 0.6 is 0 Å². The molecule has 0 radical (unpaired) electrons. The van der Waals surface area contributed by atoms with Crippen molar-refractivity contribution in [3.8, 4) is 17.2 Å². The van der Waals surface area contributed by atoms with Gasteiger partial charge in [-0.15, -0.1) is 0 Å². The van der Waals surface area contributed by atoms with E-state index in [1.54, 1.807) is 20.3 Å². The van der Waals surface area contributed by atoms with Crippen molar-refractivity contribution in [2.24, 2.45) is 23.2 Å². The molecular formula is C41H60FNO5. The van der Waals surface area contributed by atoms with Gasteiger partial charge in [-0.3, -0.25) is 4.79 Å². The molecule has 0 aliphatic heterocycles. The Labute approximate surface area is 288 Å². The van der Waals surface area contributed by atoms with Crippen molar-refractivity contribution < 1.29 is 28.9 Å². The van der Waals surface area contributed by atoms with Gasteiger partial charge >= 0.3 is 0 Å². The first kappa shape index (κ1) is 36.5. The average molecular weight is 666 g/mol. The number of aliphatic hydroxyl groups is 1. The monoisotopic (exact) mass is 665 g/mol. The summed E-state index contributed by atoms with van der Waals surface area (Å²) in [5.74, 6) is 2.55. The SMILES string of the molecule is CCCCCCCC(CC(=O)NCCCCC[C@@H]1Cc2cc(O)ccc2[C@@H]2[C@@H]1[C@@H]1CC[C@H](O)[C@@]1(C)C[C@@H]2F)c1ccc(OC)c(OC)c1. The number of halogens is 1. The number of nitrogens with one attached hydrogen (secondary N) is 1. The van der Waals surface area contributed by atoms with Crippen LogP contribution in [0.1, 0.15) is 132 Å². The van der Waals surface area contributed by atoms with Crippen LogP contribution in [-0.4, -0.2) is 49.2 Å².